The van der Waals surface area contributed by atoms with Crippen LogP contribution in [0.5, 0.6) is 0 Å². The zero-order valence-electron chi connectivity index (χ0n) is 22.3. The SMILES string of the molecule is COCCN1C[C@@H](NC(=O)Nc2c(C)c(-c3cnc(=N)n(N)c3)nn2-c2ccccc2)[C@H](c2ccc(F)c(F)c2)O1. The highest BCUT2D eigenvalue weighted by atomic mass is 19.2. The number of amides is 2. The summed E-state index contributed by atoms with van der Waals surface area (Å²) < 4.78 is 35.4. The maximum atomic E-state index is 14.1. The van der Waals surface area contributed by atoms with Crippen molar-refractivity contribution in [3.8, 4) is 16.9 Å². The van der Waals surface area contributed by atoms with E-state index in [0.29, 0.717) is 47.0 Å². The van der Waals surface area contributed by atoms with Crippen LogP contribution in [0.2, 0.25) is 0 Å². The largest absolute Gasteiger partial charge is 0.383 e. The van der Waals surface area contributed by atoms with Crippen LogP contribution in [0.1, 0.15) is 17.2 Å². The number of nitrogens with one attached hydrogen (secondary N) is 3. The maximum Gasteiger partial charge on any atom is 0.320 e. The number of nitrogens with zero attached hydrogens (tertiary/aromatic N) is 5. The predicted octanol–water partition coefficient (Wildman–Crippen LogP) is 2.64. The van der Waals surface area contributed by atoms with E-state index in [1.54, 1.807) is 23.8 Å². The number of nitrogens with two attached hydrogens (primary N) is 1. The molecule has 5 rings (SSSR count). The molecule has 1 aliphatic heterocycles. The van der Waals surface area contributed by atoms with Crippen LogP contribution < -0.4 is 22.1 Å². The fourth-order valence-corrected chi connectivity index (χ4v) is 4.58. The zero-order valence-corrected chi connectivity index (χ0v) is 22.3. The third-order valence-corrected chi connectivity index (χ3v) is 6.64. The second kappa shape index (κ2) is 11.8. The van der Waals surface area contributed by atoms with Crippen molar-refractivity contribution < 1.29 is 23.1 Å². The Morgan fingerprint density at radius 3 is 2.71 bits per heavy atom. The quantitative estimate of drug-likeness (QED) is 0.240. The number of rotatable bonds is 8. The Balaban J connectivity index is 1.44. The van der Waals surface area contributed by atoms with Gasteiger partial charge in [-0.05, 0) is 36.8 Å². The number of methoxy groups -OCH3 is 1. The molecule has 3 heterocycles. The van der Waals surface area contributed by atoms with Crippen LogP contribution in [0.4, 0.5) is 19.4 Å². The molecule has 0 spiro atoms. The summed E-state index contributed by atoms with van der Waals surface area (Å²) in [6.45, 7) is 2.86. The summed E-state index contributed by atoms with van der Waals surface area (Å²) in [5.41, 5.74) is 2.63. The Hall–Kier alpha value is -4.66. The minimum absolute atomic E-state index is 0.125. The number of carbonyl (C=O) groups is 1. The predicted molar refractivity (Wildman–Crippen MR) is 145 cm³/mol. The number of carbonyl (C=O) groups excluding carboxylic acids is 1. The van der Waals surface area contributed by atoms with Gasteiger partial charge in [-0.25, -0.2) is 27.9 Å². The molecule has 214 valence electrons. The van der Waals surface area contributed by atoms with Gasteiger partial charge in [0.25, 0.3) is 0 Å². The first-order valence-electron chi connectivity index (χ1n) is 12.7. The molecule has 2 aromatic heterocycles. The molecule has 12 nitrogen and oxygen atoms in total. The molecule has 0 saturated carbocycles. The summed E-state index contributed by atoms with van der Waals surface area (Å²) in [4.78, 5) is 23.4. The van der Waals surface area contributed by atoms with Gasteiger partial charge in [-0.1, -0.05) is 24.3 Å². The maximum absolute atomic E-state index is 14.1. The lowest BCUT2D eigenvalue weighted by Crippen LogP contribution is -2.42. The fraction of sp³-hybridized carbons (Fsp3) is 0.259. The first kappa shape index (κ1) is 27.9. The Bertz CT molecular complexity index is 1610. The number of hydroxylamine groups is 2. The third-order valence-electron chi connectivity index (χ3n) is 6.64. The summed E-state index contributed by atoms with van der Waals surface area (Å²) >= 11 is 0. The minimum Gasteiger partial charge on any atom is -0.383 e. The molecule has 2 atom stereocenters. The van der Waals surface area contributed by atoms with Gasteiger partial charge in [0.1, 0.15) is 17.6 Å². The summed E-state index contributed by atoms with van der Waals surface area (Å²) in [7, 11) is 1.56. The van der Waals surface area contributed by atoms with E-state index in [2.05, 4.69) is 15.6 Å². The third kappa shape index (κ3) is 5.94. The van der Waals surface area contributed by atoms with Crippen LogP contribution in [0.15, 0.2) is 60.9 Å². The number of halogens is 2. The first-order chi connectivity index (χ1) is 19.7. The van der Waals surface area contributed by atoms with Gasteiger partial charge in [0.05, 0.1) is 18.3 Å². The van der Waals surface area contributed by atoms with Gasteiger partial charge in [-0.2, -0.15) is 10.2 Å². The van der Waals surface area contributed by atoms with E-state index in [0.717, 1.165) is 16.8 Å². The lowest BCUT2D eigenvalue weighted by molar-refractivity contribution is -0.154. The van der Waals surface area contributed by atoms with Crippen LogP contribution in [0.25, 0.3) is 16.9 Å². The average molecular weight is 566 g/mol. The number of urea groups is 1. The van der Waals surface area contributed by atoms with Crippen molar-refractivity contribution in [2.24, 2.45) is 0 Å². The zero-order chi connectivity index (χ0) is 29.1. The van der Waals surface area contributed by atoms with Crippen LogP contribution >= 0.6 is 0 Å². The van der Waals surface area contributed by atoms with Gasteiger partial charge in [-0.3, -0.25) is 15.6 Å². The molecule has 0 radical (unpaired) electrons. The summed E-state index contributed by atoms with van der Waals surface area (Å²) in [5.74, 6) is 4.25. The van der Waals surface area contributed by atoms with Crippen molar-refractivity contribution in [1.29, 1.82) is 5.41 Å². The number of ether oxygens (including phenoxy) is 1. The van der Waals surface area contributed by atoms with Crippen LogP contribution in [0, 0.1) is 24.0 Å². The molecule has 1 saturated heterocycles. The number of anilines is 1. The van der Waals surface area contributed by atoms with Gasteiger partial charge < -0.3 is 15.9 Å². The van der Waals surface area contributed by atoms with E-state index in [-0.39, 0.29) is 12.2 Å². The highest BCUT2D eigenvalue weighted by Crippen LogP contribution is 2.32. The molecule has 4 aromatic rings. The normalized spacial score (nSPS) is 17.1. The molecule has 5 N–H and O–H groups in total. The Labute approximate surface area is 233 Å². The summed E-state index contributed by atoms with van der Waals surface area (Å²) in [6.07, 6.45) is 2.25. The lowest BCUT2D eigenvalue weighted by Gasteiger charge is -2.20. The second-order valence-corrected chi connectivity index (χ2v) is 9.43. The number of para-hydroxylation sites is 1. The molecule has 14 heteroatoms. The first-order valence-corrected chi connectivity index (χ1v) is 12.7. The molecule has 0 aliphatic carbocycles. The second-order valence-electron chi connectivity index (χ2n) is 9.43. The van der Waals surface area contributed by atoms with E-state index in [9.17, 15) is 13.6 Å². The van der Waals surface area contributed by atoms with E-state index < -0.39 is 29.8 Å². The molecular formula is C27H29F2N9O3. The molecule has 2 amide bonds. The highest BCUT2D eigenvalue weighted by molar-refractivity contribution is 5.91. The molecule has 0 bridgehead atoms. The van der Waals surface area contributed by atoms with Gasteiger partial charge >= 0.3 is 6.03 Å². The van der Waals surface area contributed by atoms with Crippen LogP contribution in [0.3, 0.4) is 0 Å². The summed E-state index contributed by atoms with van der Waals surface area (Å²) in [6, 6.07) is 11.6. The molecule has 2 aromatic carbocycles. The Kier molecular flexibility index (Phi) is 8.05. The number of nitrogen functional groups attached to an aromatic ring is 1. The minimum atomic E-state index is -1.01. The smallest absolute Gasteiger partial charge is 0.320 e. The van der Waals surface area contributed by atoms with E-state index in [1.165, 1.54) is 18.5 Å². The van der Waals surface area contributed by atoms with Gasteiger partial charge in [0, 0.05) is 43.7 Å². The molecule has 1 fully saturated rings. The van der Waals surface area contributed by atoms with E-state index in [1.807, 2.05) is 30.3 Å². The highest BCUT2D eigenvalue weighted by Gasteiger charge is 2.37. The van der Waals surface area contributed by atoms with Crippen molar-refractivity contribution in [1.82, 2.24) is 29.8 Å². The Morgan fingerprint density at radius 2 is 2.00 bits per heavy atom. The topological polar surface area (TPSA) is 148 Å². The molecule has 41 heavy (non-hydrogen) atoms. The molecular weight excluding hydrogens is 536 g/mol. The number of aromatic nitrogens is 4. The van der Waals surface area contributed by atoms with Gasteiger partial charge in [-0.15, -0.1) is 0 Å². The lowest BCUT2D eigenvalue weighted by atomic mass is 10.0. The van der Waals surface area contributed by atoms with E-state index >= 15 is 0 Å². The van der Waals surface area contributed by atoms with Gasteiger partial charge in [0.15, 0.2) is 11.6 Å². The monoisotopic (exact) mass is 565 g/mol. The average Bonchev–Trinajstić information content (AvgIpc) is 3.51. The van der Waals surface area contributed by atoms with E-state index in [4.69, 9.17) is 25.9 Å². The standard InChI is InChI=1S/C27H29F2N9O3/c1-16-23(18-13-32-26(30)37(31)14-18)35-38(19-6-4-3-5-7-19)25(16)34-27(39)33-22-15-36(10-11-40-2)41-24(22)17-8-9-20(28)21(29)12-17/h3-9,12-14,22,24,30H,10-11,15,31H2,1-2H3,(H2,33,34,39)/t22-,24+/m1/s1. The Morgan fingerprint density at radius 1 is 1.22 bits per heavy atom. The van der Waals surface area contributed by atoms with Gasteiger partial charge in [0.2, 0.25) is 5.62 Å². The number of hydrogen-bond donors (Lipinski definition) is 4. The van der Waals surface area contributed by atoms with Crippen molar-refractivity contribution in [3.63, 3.8) is 0 Å². The van der Waals surface area contributed by atoms with Crippen molar-refractivity contribution in [2.45, 2.75) is 19.1 Å². The molecule has 0 unspecified atom stereocenters. The van der Waals surface area contributed by atoms with Crippen LogP contribution in [-0.4, -0.2) is 63.4 Å². The summed E-state index contributed by atoms with van der Waals surface area (Å²) in [5, 5.41) is 19.9. The fourth-order valence-electron chi connectivity index (χ4n) is 4.58. The number of benzene rings is 2. The molecule has 1 aliphatic rings. The van der Waals surface area contributed by atoms with Crippen molar-refractivity contribution in [3.05, 3.63) is 89.3 Å². The van der Waals surface area contributed by atoms with Crippen LogP contribution in [-0.2, 0) is 9.57 Å². The van der Waals surface area contributed by atoms with Crippen molar-refractivity contribution in [2.75, 3.05) is 38.0 Å². The number of hydrogen-bond acceptors (Lipinski definition) is 8. The van der Waals surface area contributed by atoms with Crippen molar-refractivity contribution >= 4 is 11.8 Å².